The molecule has 0 aliphatic carbocycles. The van der Waals surface area contributed by atoms with Crippen molar-refractivity contribution in [3.8, 4) is 0 Å². The SMILES string of the molecule is CCC(C)(CN)C(=O)NCCC(C)CCC(=O)O. The topological polar surface area (TPSA) is 92.4 Å². The summed E-state index contributed by atoms with van der Waals surface area (Å²) >= 11 is 0. The molecule has 0 aromatic rings. The molecule has 4 N–H and O–H groups in total. The first kappa shape index (κ1) is 16.9. The van der Waals surface area contributed by atoms with Crippen LogP contribution in [-0.4, -0.2) is 30.1 Å². The Morgan fingerprint density at radius 3 is 2.44 bits per heavy atom. The maximum Gasteiger partial charge on any atom is 0.303 e. The Hall–Kier alpha value is -1.10. The third kappa shape index (κ3) is 6.00. The van der Waals surface area contributed by atoms with Crippen LogP contribution in [0.5, 0.6) is 0 Å². The van der Waals surface area contributed by atoms with Crippen LogP contribution in [0.1, 0.15) is 46.5 Å². The van der Waals surface area contributed by atoms with Gasteiger partial charge in [-0.2, -0.15) is 0 Å². The minimum Gasteiger partial charge on any atom is -0.481 e. The second-order valence-corrected chi connectivity index (χ2v) is 5.20. The molecule has 0 fully saturated rings. The van der Waals surface area contributed by atoms with Crippen LogP contribution in [-0.2, 0) is 9.59 Å². The third-order valence-electron chi connectivity index (χ3n) is 3.55. The Morgan fingerprint density at radius 1 is 1.39 bits per heavy atom. The quantitative estimate of drug-likeness (QED) is 0.582. The normalized spacial score (nSPS) is 15.8. The molecule has 18 heavy (non-hydrogen) atoms. The lowest BCUT2D eigenvalue weighted by molar-refractivity contribution is -0.137. The zero-order valence-electron chi connectivity index (χ0n) is 11.7. The second kappa shape index (κ2) is 8.08. The summed E-state index contributed by atoms with van der Waals surface area (Å²) in [6.07, 6.45) is 2.34. The Kier molecular flexibility index (Phi) is 7.59. The maximum absolute atomic E-state index is 11.9. The van der Waals surface area contributed by atoms with Gasteiger partial charge in [-0.1, -0.05) is 13.8 Å². The number of hydrogen-bond donors (Lipinski definition) is 3. The second-order valence-electron chi connectivity index (χ2n) is 5.20. The van der Waals surface area contributed by atoms with E-state index in [1.54, 1.807) is 0 Å². The lowest BCUT2D eigenvalue weighted by Crippen LogP contribution is -2.44. The van der Waals surface area contributed by atoms with Crippen molar-refractivity contribution < 1.29 is 14.7 Å². The highest BCUT2D eigenvalue weighted by molar-refractivity contribution is 5.82. The molecule has 0 aliphatic rings. The van der Waals surface area contributed by atoms with Crippen LogP contribution in [0, 0.1) is 11.3 Å². The smallest absolute Gasteiger partial charge is 0.303 e. The Bertz CT molecular complexity index is 275. The summed E-state index contributed by atoms with van der Waals surface area (Å²) in [5.74, 6) is -0.488. The molecule has 0 bridgehead atoms. The maximum atomic E-state index is 11.9. The summed E-state index contributed by atoms with van der Waals surface area (Å²) in [6, 6.07) is 0. The molecule has 2 unspecified atom stereocenters. The molecule has 0 aromatic carbocycles. The van der Waals surface area contributed by atoms with Gasteiger partial charge >= 0.3 is 5.97 Å². The fourth-order valence-electron chi connectivity index (χ4n) is 1.56. The Labute approximate surface area is 109 Å². The summed E-state index contributed by atoms with van der Waals surface area (Å²) in [5.41, 5.74) is 5.11. The number of amides is 1. The molecule has 0 aromatic heterocycles. The van der Waals surface area contributed by atoms with E-state index in [2.05, 4.69) is 5.32 Å². The van der Waals surface area contributed by atoms with Crippen LogP contribution in [0.25, 0.3) is 0 Å². The average Bonchev–Trinajstić information content (AvgIpc) is 2.35. The van der Waals surface area contributed by atoms with Crippen LogP contribution in [0.3, 0.4) is 0 Å². The minimum atomic E-state index is -0.771. The largest absolute Gasteiger partial charge is 0.481 e. The average molecular weight is 258 g/mol. The van der Waals surface area contributed by atoms with Gasteiger partial charge in [0.15, 0.2) is 0 Å². The molecule has 0 aliphatic heterocycles. The van der Waals surface area contributed by atoms with Crippen molar-refractivity contribution >= 4 is 11.9 Å². The predicted molar refractivity (Wildman–Crippen MR) is 71.1 cm³/mol. The third-order valence-corrected chi connectivity index (χ3v) is 3.55. The number of nitrogens with one attached hydrogen (secondary N) is 1. The van der Waals surface area contributed by atoms with E-state index in [4.69, 9.17) is 10.8 Å². The molecule has 5 nitrogen and oxygen atoms in total. The van der Waals surface area contributed by atoms with E-state index >= 15 is 0 Å². The van der Waals surface area contributed by atoms with Crippen molar-refractivity contribution in [2.75, 3.05) is 13.1 Å². The van der Waals surface area contributed by atoms with Crippen LogP contribution in [0.15, 0.2) is 0 Å². The van der Waals surface area contributed by atoms with E-state index in [0.717, 1.165) is 6.42 Å². The fourth-order valence-corrected chi connectivity index (χ4v) is 1.56. The molecule has 106 valence electrons. The van der Waals surface area contributed by atoms with Gasteiger partial charge < -0.3 is 16.2 Å². The lowest BCUT2D eigenvalue weighted by atomic mass is 9.86. The zero-order chi connectivity index (χ0) is 14.2. The van der Waals surface area contributed by atoms with Crippen molar-refractivity contribution in [1.82, 2.24) is 5.32 Å². The summed E-state index contributed by atoms with van der Waals surface area (Å²) in [6.45, 7) is 6.72. The first-order valence-electron chi connectivity index (χ1n) is 6.56. The van der Waals surface area contributed by atoms with E-state index in [9.17, 15) is 9.59 Å². The molecule has 2 atom stereocenters. The van der Waals surface area contributed by atoms with Crippen LogP contribution >= 0.6 is 0 Å². The Morgan fingerprint density at radius 2 is 2.00 bits per heavy atom. The van der Waals surface area contributed by atoms with Gasteiger partial charge in [0, 0.05) is 19.5 Å². The van der Waals surface area contributed by atoms with Gasteiger partial charge in [0.25, 0.3) is 0 Å². The number of aliphatic carboxylic acids is 1. The molecule has 5 heteroatoms. The number of hydrogen-bond acceptors (Lipinski definition) is 3. The first-order valence-corrected chi connectivity index (χ1v) is 6.56. The van der Waals surface area contributed by atoms with Crippen LogP contribution in [0.4, 0.5) is 0 Å². The molecule has 0 saturated heterocycles. The summed E-state index contributed by atoms with van der Waals surface area (Å²) in [7, 11) is 0. The predicted octanol–water partition coefficient (Wildman–Crippen LogP) is 1.37. The van der Waals surface area contributed by atoms with E-state index in [0.29, 0.717) is 31.8 Å². The number of nitrogens with two attached hydrogens (primary N) is 1. The number of carboxylic acid groups (broad SMARTS) is 1. The number of rotatable bonds is 9. The molecule has 0 rings (SSSR count). The van der Waals surface area contributed by atoms with Crippen molar-refractivity contribution in [1.29, 1.82) is 0 Å². The molecule has 0 saturated carbocycles. The molecule has 0 heterocycles. The van der Waals surface area contributed by atoms with Crippen molar-refractivity contribution in [2.45, 2.75) is 46.5 Å². The van der Waals surface area contributed by atoms with Gasteiger partial charge in [-0.05, 0) is 32.1 Å². The Balaban J connectivity index is 3.90. The molecular formula is C13H26N2O3. The fraction of sp³-hybridized carbons (Fsp3) is 0.846. The summed E-state index contributed by atoms with van der Waals surface area (Å²) in [4.78, 5) is 22.3. The van der Waals surface area contributed by atoms with Crippen molar-refractivity contribution in [2.24, 2.45) is 17.1 Å². The summed E-state index contributed by atoms with van der Waals surface area (Å²) < 4.78 is 0. The van der Waals surface area contributed by atoms with Crippen molar-refractivity contribution in [3.05, 3.63) is 0 Å². The first-order chi connectivity index (χ1) is 8.35. The van der Waals surface area contributed by atoms with E-state index in [-0.39, 0.29) is 12.3 Å². The standard InChI is InChI=1S/C13H26N2O3/c1-4-13(3,9-14)12(18)15-8-7-10(2)5-6-11(16)17/h10H,4-9,14H2,1-3H3,(H,15,18)(H,16,17). The van der Waals surface area contributed by atoms with Gasteiger partial charge in [-0.15, -0.1) is 0 Å². The highest BCUT2D eigenvalue weighted by Crippen LogP contribution is 2.19. The number of carbonyl (C=O) groups excluding carboxylic acids is 1. The highest BCUT2D eigenvalue weighted by Gasteiger charge is 2.29. The highest BCUT2D eigenvalue weighted by atomic mass is 16.4. The van der Waals surface area contributed by atoms with Crippen LogP contribution < -0.4 is 11.1 Å². The molecule has 0 radical (unpaired) electrons. The molecule has 1 amide bonds. The summed E-state index contributed by atoms with van der Waals surface area (Å²) in [5, 5.41) is 11.4. The van der Waals surface area contributed by atoms with Gasteiger partial charge in [0.05, 0.1) is 5.41 Å². The van der Waals surface area contributed by atoms with E-state index in [1.807, 2.05) is 20.8 Å². The minimum absolute atomic E-state index is 0.0158. The van der Waals surface area contributed by atoms with E-state index in [1.165, 1.54) is 0 Å². The van der Waals surface area contributed by atoms with Gasteiger partial charge in [0.1, 0.15) is 0 Å². The molecule has 0 spiro atoms. The van der Waals surface area contributed by atoms with Gasteiger partial charge in [-0.3, -0.25) is 9.59 Å². The monoisotopic (exact) mass is 258 g/mol. The zero-order valence-corrected chi connectivity index (χ0v) is 11.7. The van der Waals surface area contributed by atoms with E-state index < -0.39 is 11.4 Å². The molecular weight excluding hydrogens is 232 g/mol. The number of carboxylic acids is 1. The number of carbonyl (C=O) groups is 2. The lowest BCUT2D eigenvalue weighted by Gasteiger charge is -2.25. The van der Waals surface area contributed by atoms with Gasteiger partial charge in [-0.25, -0.2) is 0 Å². The van der Waals surface area contributed by atoms with Gasteiger partial charge in [0.2, 0.25) is 5.91 Å². The van der Waals surface area contributed by atoms with Crippen molar-refractivity contribution in [3.63, 3.8) is 0 Å². The van der Waals surface area contributed by atoms with Crippen LogP contribution in [0.2, 0.25) is 0 Å².